The number of nitrogens with two attached hydrogens (primary N) is 1. The molecule has 0 unspecified atom stereocenters. The van der Waals surface area contributed by atoms with Gasteiger partial charge in [0, 0.05) is 43.1 Å². The Morgan fingerprint density at radius 3 is 2.40 bits per heavy atom. The van der Waals surface area contributed by atoms with E-state index in [-0.39, 0.29) is 43.0 Å². The van der Waals surface area contributed by atoms with Crippen LogP contribution < -0.4 is 5.73 Å². The molecular formula is C18H26Cl2N2O3. The van der Waals surface area contributed by atoms with E-state index < -0.39 is 0 Å². The number of ether oxygens (including phenoxy) is 1. The molecule has 1 heterocycles. The number of Topliss-reactive ketones (excluding diaryl/α,β-unsaturated/α-hetero) is 1. The first-order valence-corrected chi connectivity index (χ1v) is 8.86. The number of piperidine rings is 1. The molecule has 0 saturated carbocycles. The van der Waals surface area contributed by atoms with Crippen molar-refractivity contribution in [2.75, 3.05) is 26.2 Å². The molecule has 25 heavy (non-hydrogen) atoms. The Hall–Kier alpha value is -1.14. The van der Waals surface area contributed by atoms with Gasteiger partial charge in [-0.25, -0.2) is 0 Å². The molecule has 1 aliphatic rings. The summed E-state index contributed by atoms with van der Waals surface area (Å²) < 4.78 is 5.73. The average Bonchev–Trinajstić information content (AvgIpc) is 2.61. The number of hydrogen-bond acceptors (Lipinski definition) is 4. The van der Waals surface area contributed by atoms with E-state index in [1.54, 1.807) is 24.3 Å². The van der Waals surface area contributed by atoms with Crippen molar-refractivity contribution in [3.8, 4) is 0 Å². The van der Waals surface area contributed by atoms with Gasteiger partial charge in [0.05, 0.1) is 6.10 Å². The predicted octanol–water partition coefficient (Wildman–Crippen LogP) is 3.08. The number of nitrogens with zero attached hydrogens (tertiary/aromatic N) is 1. The molecule has 1 fully saturated rings. The van der Waals surface area contributed by atoms with Crippen molar-refractivity contribution in [1.82, 2.24) is 4.90 Å². The molecule has 0 atom stereocenters. The third kappa shape index (κ3) is 7.32. The Kier molecular flexibility index (Phi) is 10.0. The minimum absolute atomic E-state index is 0. The number of halogens is 2. The normalized spacial score (nSPS) is 14.9. The van der Waals surface area contributed by atoms with Crippen LogP contribution in [0.25, 0.3) is 0 Å². The summed E-state index contributed by atoms with van der Waals surface area (Å²) in [7, 11) is 0. The Balaban J connectivity index is 0.00000312. The molecule has 2 N–H and O–H groups in total. The Bertz CT molecular complexity index is 544. The number of carbonyl (C=O) groups excluding carboxylic acids is 2. The zero-order chi connectivity index (χ0) is 17.4. The van der Waals surface area contributed by atoms with Crippen LogP contribution in [0.3, 0.4) is 0 Å². The van der Waals surface area contributed by atoms with Gasteiger partial charge in [-0.05, 0) is 50.1 Å². The van der Waals surface area contributed by atoms with Crippen molar-refractivity contribution in [2.45, 2.75) is 38.2 Å². The molecule has 1 aromatic carbocycles. The summed E-state index contributed by atoms with van der Waals surface area (Å²) in [6.07, 6.45) is 3.26. The standard InChI is InChI=1S/C18H25ClN2O3.ClH/c19-15-4-2-14(3-5-15)17(22)6-7-18(23)21-11-8-16(9-12-21)24-13-1-10-20;/h2-5,16H,1,6-13,20H2;1H. The number of rotatable bonds is 8. The summed E-state index contributed by atoms with van der Waals surface area (Å²) in [5, 5.41) is 0.596. The molecule has 1 amide bonds. The quantitative estimate of drug-likeness (QED) is 0.548. The summed E-state index contributed by atoms with van der Waals surface area (Å²) in [4.78, 5) is 26.2. The lowest BCUT2D eigenvalue weighted by Gasteiger charge is -2.32. The number of hydrogen-bond donors (Lipinski definition) is 1. The second-order valence-corrected chi connectivity index (χ2v) is 6.46. The van der Waals surface area contributed by atoms with Crippen LogP contribution in [0.4, 0.5) is 0 Å². The number of benzene rings is 1. The third-order valence-electron chi connectivity index (χ3n) is 4.23. The number of amides is 1. The first-order chi connectivity index (χ1) is 11.6. The van der Waals surface area contributed by atoms with Crippen LogP contribution in [-0.4, -0.2) is 48.9 Å². The van der Waals surface area contributed by atoms with E-state index in [0.717, 1.165) is 19.3 Å². The van der Waals surface area contributed by atoms with Gasteiger partial charge in [0.1, 0.15) is 0 Å². The van der Waals surface area contributed by atoms with E-state index in [2.05, 4.69) is 0 Å². The first kappa shape index (κ1) is 21.9. The summed E-state index contributed by atoms with van der Waals surface area (Å²) in [5.41, 5.74) is 6.04. The van der Waals surface area contributed by atoms with Crippen molar-refractivity contribution in [3.63, 3.8) is 0 Å². The fourth-order valence-electron chi connectivity index (χ4n) is 2.76. The van der Waals surface area contributed by atoms with Crippen LogP contribution >= 0.6 is 24.0 Å². The molecular weight excluding hydrogens is 363 g/mol. The molecule has 0 aliphatic carbocycles. The highest BCUT2D eigenvalue weighted by Crippen LogP contribution is 2.16. The monoisotopic (exact) mass is 388 g/mol. The molecule has 1 saturated heterocycles. The van der Waals surface area contributed by atoms with E-state index in [1.807, 2.05) is 4.90 Å². The lowest BCUT2D eigenvalue weighted by atomic mass is 10.0. The number of carbonyl (C=O) groups is 2. The summed E-state index contributed by atoms with van der Waals surface area (Å²) in [5.74, 6) is 0.0118. The molecule has 1 aliphatic heterocycles. The molecule has 7 heteroatoms. The highest BCUT2D eigenvalue weighted by Gasteiger charge is 2.23. The second kappa shape index (κ2) is 11.5. The molecule has 0 spiro atoms. The minimum Gasteiger partial charge on any atom is -0.378 e. The molecule has 0 radical (unpaired) electrons. The molecule has 0 aromatic heterocycles. The van der Waals surface area contributed by atoms with Crippen molar-refractivity contribution in [1.29, 1.82) is 0 Å². The second-order valence-electron chi connectivity index (χ2n) is 6.02. The third-order valence-corrected chi connectivity index (χ3v) is 4.48. The fourth-order valence-corrected chi connectivity index (χ4v) is 2.89. The van der Waals surface area contributed by atoms with Crippen LogP contribution in [0.1, 0.15) is 42.5 Å². The van der Waals surface area contributed by atoms with Crippen molar-refractivity contribution in [3.05, 3.63) is 34.9 Å². The lowest BCUT2D eigenvalue weighted by molar-refractivity contribution is -0.133. The van der Waals surface area contributed by atoms with Crippen LogP contribution in [0, 0.1) is 0 Å². The minimum atomic E-state index is -0.0278. The van der Waals surface area contributed by atoms with Gasteiger partial charge in [0.25, 0.3) is 0 Å². The molecule has 5 nitrogen and oxygen atoms in total. The Labute approximate surface area is 160 Å². The van der Waals surface area contributed by atoms with Crippen LogP contribution in [0.15, 0.2) is 24.3 Å². The topological polar surface area (TPSA) is 72.6 Å². The smallest absolute Gasteiger partial charge is 0.223 e. The van der Waals surface area contributed by atoms with E-state index in [4.69, 9.17) is 22.1 Å². The van der Waals surface area contributed by atoms with E-state index in [0.29, 0.717) is 36.8 Å². The number of ketones is 1. The Morgan fingerprint density at radius 2 is 1.80 bits per heavy atom. The molecule has 140 valence electrons. The van der Waals surface area contributed by atoms with Gasteiger partial charge in [-0.2, -0.15) is 0 Å². The van der Waals surface area contributed by atoms with Gasteiger partial charge in [0.2, 0.25) is 5.91 Å². The Morgan fingerprint density at radius 1 is 1.16 bits per heavy atom. The zero-order valence-corrected chi connectivity index (χ0v) is 15.9. The zero-order valence-electron chi connectivity index (χ0n) is 14.3. The lowest BCUT2D eigenvalue weighted by Crippen LogP contribution is -2.41. The SMILES string of the molecule is Cl.NCCCOC1CCN(C(=O)CCC(=O)c2ccc(Cl)cc2)CC1. The van der Waals surface area contributed by atoms with Gasteiger partial charge in [-0.3, -0.25) is 9.59 Å². The van der Waals surface area contributed by atoms with Gasteiger partial charge < -0.3 is 15.4 Å². The highest BCUT2D eigenvalue weighted by molar-refractivity contribution is 6.30. The van der Waals surface area contributed by atoms with Crippen LogP contribution in [0.2, 0.25) is 5.02 Å². The van der Waals surface area contributed by atoms with E-state index in [1.165, 1.54) is 0 Å². The summed E-state index contributed by atoms with van der Waals surface area (Å²) in [6.45, 7) is 2.71. The summed E-state index contributed by atoms with van der Waals surface area (Å²) >= 11 is 5.81. The summed E-state index contributed by atoms with van der Waals surface area (Å²) in [6, 6.07) is 6.76. The molecule has 1 aromatic rings. The van der Waals surface area contributed by atoms with Gasteiger partial charge in [-0.1, -0.05) is 11.6 Å². The van der Waals surface area contributed by atoms with Crippen LogP contribution in [-0.2, 0) is 9.53 Å². The fraction of sp³-hybridized carbons (Fsp3) is 0.556. The van der Waals surface area contributed by atoms with E-state index >= 15 is 0 Å². The number of likely N-dealkylation sites (tertiary alicyclic amines) is 1. The maximum Gasteiger partial charge on any atom is 0.223 e. The highest BCUT2D eigenvalue weighted by atomic mass is 35.5. The van der Waals surface area contributed by atoms with E-state index in [9.17, 15) is 9.59 Å². The maximum atomic E-state index is 12.3. The largest absolute Gasteiger partial charge is 0.378 e. The van der Waals surface area contributed by atoms with Crippen LogP contribution in [0.5, 0.6) is 0 Å². The molecule has 0 bridgehead atoms. The molecule has 2 rings (SSSR count). The maximum absolute atomic E-state index is 12.3. The van der Waals surface area contributed by atoms with Crippen molar-refractivity contribution in [2.24, 2.45) is 5.73 Å². The van der Waals surface area contributed by atoms with Gasteiger partial charge >= 0.3 is 0 Å². The van der Waals surface area contributed by atoms with Crippen molar-refractivity contribution < 1.29 is 14.3 Å². The van der Waals surface area contributed by atoms with Crippen molar-refractivity contribution >= 4 is 35.7 Å². The first-order valence-electron chi connectivity index (χ1n) is 8.48. The average molecular weight is 389 g/mol. The van der Waals surface area contributed by atoms with Gasteiger partial charge in [-0.15, -0.1) is 12.4 Å². The predicted molar refractivity (Wildman–Crippen MR) is 101 cm³/mol. The van der Waals surface area contributed by atoms with Gasteiger partial charge in [0.15, 0.2) is 5.78 Å².